The van der Waals surface area contributed by atoms with Gasteiger partial charge in [-0.15, -0.1) is 6.58 Å². The molecule has 11 heavy (non-hydrogen) atoms. The zero-order valence-electron chi connectivity index (χ0n) is 7.02. The number of unbranched alkanes of at least 4 members (excludes halogenated alkanes) is 1. The molecule has 0 heterocycles. The summed E-state index contributed by atoms with van der Waals surface area (Å²) >= 11 is 0. The van der Waals surface area contributed by atoms with E-state index in [0.717, 1.165) is 12.8 Å². The number of rotatable bonds is 5. The van der Waals surface area contributed by atoms with Crippen LogP contribution in [-0.4, -0.2) is 12.5 Å². The van der Waals surface area contributed by atoms with Gasteiger partial charge >= 0.3 is 0 Å². The van der Waals surface area contributed by atoms with Crippen LogP contribution in [0.5, 0.6) is 0 Å². The lowest BCUT2D eigenvalue weighted by Crippen LogP contribution is -2.24. The Morgan fingerprint density at radius 2 is 2.27 bits per heavy atom. The maximum Gasteiger partial charge on any atom is 0.246 e. The van der Waals surface area contributed by atoms with Crippen molar-refractivity contribution in [3.8, 4) is 0 Å². The Kier molecular flexibility index (Phi) is 5.17. The summed E-state index contributed by atoms with van der Waals surface area (Å²) in [5.74, 6) is -0.0611. The standard InChI is InChI=1S/C9H15NO/c1-4-5-6-7-10-9(11)8(2)3/h4H,1-2,5-7H2,3H3,(H,10,11). The van der Waals surface area contributed by atoms with Crippen molar-refractivity contribution < 1.29 is 4.79 Å². The van der Waals surface area contributed by atoms with Gasteiger partial charge in [-0.25, -0.2) is 0 Å². The third-order valence-electron chi connectivity index (χ3n) is 1.26. The Hall–Kier alpha value is -1.05. The highest BCUT2D eigenvalue weighted by Gasteiger charge is 1.97. The number of carbonyl (C=O) groups excluding carboxylic acids is 1. The van der Waals surface area contributed by atoms with Crippen molar-refractivity contribution >= 4 is 5.91 Å². The zero-order valence-corrected chi connectivity index (χ0v) is 7.02. The summed E-state index contributed by atoms with van der Waals surface area (Å²) in [6.45, 7) is 9.51. The summed E-state index contributed by atoms with van der Waals surface area (Å²) in [6.07, 6.45) is 3.73. The molecular formula is C9H15NO. The van der Waals surface area contributed by atoms with Crippen LogP contribution in [-0.2, 0) is 4.79 Å². The first kappa shape index (κ1) is 9.95. The molecule has 2 heteroatoms. The van der Waals surface area contributed by atoms with Gasteiger partial charge in [0.15, 0.2) is 0 Å². The minimum atomic E-state index is -0.0611. The van der Waals surface area contributed by atoms with E-state index in [9.17, 15) is 4.79 Å². The van der Waals surface area contributed by atoms with E-state index in [4.69, 9.17) is 0 Å². The SMILES string of the molecule is C=CCCCNC(=O)C(=C)C. The summed E-state index contributed by atoms with van der Waals surface area (Å²) in [4.78, 5) is 10.9. The van der Waals surface area contributed by atoms with E-state index in [0.29, 0.717) is 12.1 Å². The maximum absolute atomic E-state index is 10.9. The summed E-state index contributed by atoms with van der Waals surface area (Å²) in [6, 6.07) is 0. The summed E-state index contributed by atoms with van der Waals surface area (Å²) in [7, 11) is 0. The minimum absolute atomic E-state index is 0.0611. The molecule has 0 atom stereocenters. The predicted octanol–water partition coefficient (Wildman–Crippen LogP) is 1.64. The molecule has 0 aromatic heterocycles. The van der Waals surface area contributed by atoms with Crippen LogP contribution in [0.1, 0.15) is 19.8 Å². The Balaban J connectivity index is 3.31. The van der Waals surface area contributed by atoms with Crippen LogP contribution in [0.25, 0.3) is 0 Å². The van der Waals surface area contributed by atoms with Crippen molar-refractivity contribution in [3.05, 3.63) is 24.8 Å². The number of hydrogen-bond acceptors (Lipinski definition) is 1. The second-order valence-corrected chi connectivity index (χ2v) is 2.47. The Bertz CT molecular complexity index is 161. The van der Waals surface area contributed by atoms with E-state index in [1.807, 2.05) is 6.08 Å². The molecular weight excluding hydrogens is 138 g/mol. The van der Waals surface area contributed by atoms with Crippen LogP contribution in [0.15, 0.2) is 24.8 Å². The molecule has 0 aliphatic heterocycles. The average Bonchev–Trinajstić information content (AvgIpc) is 1.97. The fraction of sp³-hybridized carbons (Fsp3) is 0.444. The van der Waals surface area contributed by atoms with Gasteiger partial charge in [0.25, 0.3) is 0 Å². The smallest absolute Gasteiger partial charge is 0.246 e. The number of carbonyl (C=O) groups is 1. The normalized spacial score (nSPS) is 8.82. The lowest BCUT2D eigenvalue weighted by atomic mass is 10.3. The highest BCUT2D eigenvalue weighted by atomic mass is 16.1. The van der Waals surface area contributed by atoms with Crippen molar-refractivity contribution in [3.63, 3.8) is 0 Å². The molecule has 0 radical (unpaired) electrons. The number of allylic oxidation sites excluding steroid dienone is 1. The van der Waals surface area contributed by atoms with E-state index >= 15 is 0 Å². The Morgan fingerprint density at radius 3 is 2.73 bits per heavy atom. The highest BCUT2D eigenvalue weighted by molar-refractivity contribution is 5.91. The fourth-order valence-corrected chi connectivity index (χ4v) is 0.599. The van der Waals surface area contributed by atoms with Crippen LogP contribution in [0, 0.1) is 0 Å². The van der Waals surface area contributed by atoms with Crippen LogP contribution in [0.2, 0.25) is 0 Å². The van der Waals surface area contributed by atoms with E-state index in [-0.39, 0.29) is 5.91 Å². The number of nitrogens with one attached hydrogen (secondary N) is 1. The molecule has 0 saturated carbocycles. The van der Waals surface area contributed by atoms with Gasteiger partial charge in [-0.1, -0.05) is 12.7 Å². The second-order valence-electron chi connectivity index (χ2n) is 2.47. The minimum Gasteiger partial charge on any atom is -0.352 e. The lowest BCUT2D eigenvalue weighted by Gasteiger charge is -2.01. The van der Waals surface area contributed by atoms with Gasteiger partial charge in [0.2, 0.25) is 5.91 Å². The fourth-order valence-electron chi connectivity index (χ4n) is 0.599. The van der Waals surface area contributed by atoms with Gasteiger partial charge in [0.05, 0.1) is 0 Å². The average molecular weight is 153 g/mol. The van der Waals surface area contributed by atoms with E-state index in [2.05, 4.69) is 18.5 Å². The van der Waals surface area contributed by atoms with Gasteiger partial charge in [-0.3, -0.25) is 4.79 Å². The molecule has 1 N–H and O–H groups in total. The molecule has 0 spiro atoms. The summed E-state index contributed by atoms with van der Waals surface area (Å²) in [5.41, 5.74) is 0.559. The molecule has 0 aliphatic rings. The highest BCUT2D eigenvalue weighted by Crippen LogP contribution is 1.89. The molecule has 0 aliphatic carbocycles. The number of amides is 1. The van der Waals surface area contributed by atoms with Crippen molar-refractivity contribution in [2.24, 2.45) is 0 Å². The zero-order chi connectivity index (χ0) is 8.69. The van der Waals surface area contributed by atoms with E-state index in [1.54, 1.807) is 6.92 Å². The first-order valence-corrected chi connectivity index (χ1v) is 3.73. The Labute approximate surface area is 68.0 Å². The van der Waals surface area contributed by atoms with E-state index in [1.165, 1.54) is 0 Å². The first-order valence-electron chi connectivity index (χ1n) is 3.73. The lowest BCUT2D eigenvalue weighted by molar-refractivity contribution is -0.117. The van der Waals surface area contributed by atoms with Gasteiger partial charge in [0, 0.05) is 12.1 Å². The predicted molar refractivity (Wildman–Crippen MR) is 47.3 cm³/mol. The van der Waals surface area contributed by atoms with Gasteiger partial charge in [0.1, 0.15) is 0 Å². The van der Waals surface area contributed by atoms with Gasteiger partial charge < -0.3 is 5.32 Å². The van der Waals surface area contributed by atoms with Crippen LogP contribution < -0.4 is 5.32 Å². The van der Waals surface area contributed by atoms with Crippen molar-refractivity contribution in [2.45, 2.75) is 19.8 Å². The molecule has 2 nitrogen and oxygen atoms in total. The molecule has 0 aromatic carbocycles. The molecule has 62 valence electrons. The number of hydrogen-bond donors (Lipinski definition) is 1. The van der Waals surface area contributed by atoms with Crippen LogP contribution >= 0.6 is 0 Å². The van der Waals surface area contributed by atoms with Crippen molar-refractivity contribution in [1.29, 1.82) is 0 Å². The first-order chi connectivity index (χ1) is 5.18. The quantitative estimate of drug-likeness (QED) is 0.363. The summed E-state index contributed by atoms with van der Waals surface area (Å²) < 4.78 is 0. The molecule has 0 bridgehead atoms. The van der Waals surface area contributed by atoms with Crippen LogP contribution in [0.4, 0.5) is 0 Å². The third-order valence-corrected chi connectivity index (χ3v) is 1.26. The molecule has 0 unspecified atom stereocenters. The third kappa shape index (κ3) is 5.40. The second kappa shape index (κ2) is 5.71. The topological polar surface area (TPSA) is 29.1 Å². The largest absolute Gasteiger partial charge is 0.352 e. The maximum atomic E-state index is 10.9. The molecule has 0 aromatic rings. The van der Waals surface area contributed by atoms with Crippen LogP contribution in [0.3, 0.4) is 0 Å². The van der Waals surface area contributed by atoms with E-state index < -0.39 is 0 Å². The molecule has 0 fully saturated rings. The Morgan fingerprint density at radius 1 is 1.64 bits per heavy atom. The molecule has 0 saturated heterocycles. The van der Waals surface area contributed by atoms with Gasteiger partial charge in [-0.05, 0) is 19.8 Å². The monoisotopic (exact) mass is 153 g/mol. The molecule has 0 rings (SSSR count). The van der Waals surface area contributed by atoms with Gasteiger partial charge in [-0.2, -0.15) is 0 Å². The summed E-state index contributed by atoms with van der Waals surface area (Å²) in [5, 5.41) is 2.73. The molecule has 1 amide bonds. The van der Waals surface area contributed by atoms with Crippen molar-refractivity contribution in [2.75, 3.05) is 6.54 Å². The van der Waals surface area contributed by atoms with Crippen molar-refractivity contribution in [1.82, 2.24) is 5.32 Å².